The molecule has 1 aliphatic rings. The van der Waals surface area contributed by atoms with Gasteiger partial charge in [-0.15, -0.1) is 0 Å². The summed E-state index contributed by atoms with van der Waals surface area (Å²) < 4.78 is 1.86. The van der Waals surface area contributed by atoms with E-state index in [9.17, 15) is 4.79 Å². The van der Waals surface area contributed by atoms with Crippen molar-refractivity contribution in [2.24, 2.45) is 7.05 Å². The lowest BCUT2D eigenvalue weighted by Crippen LogP contribution is -2.39. The average molecular weight is 424 g/mol. The summed E-state index contributed by atoms with van der Waals surface area (Å²) in [5.74, 6) is 0.561. The van der Waals surface area contributed by atoms with Crippen LogP contribution < -0.4 is 10.2 Å². The topological polar surface area (TPSA) is 63.1 Å². The van der Waals surface area contributed by atoms with Gasteiger partial charge in [0, 0.05) is 37.2 Å². The van der Waals surface area contributed by atoms with E-state index in [4.69, 9.17) is 0 Å². The summed E-state index contributed by atoms with van der Waals surface area (Å²) in [6.07, 6.45) is 5.42. The normalized spacial score (nSPS) is 15.7. The first-order valence-corrected chi connectivity index (χ1v) is 10.9. The molecule has 0 saturated carbocycles. The van der Waals surface area contributed by atoms with Crippen molar-refractivity contribution in [3.63, 3.8) is 0 Å². The maximum Gasteiger partial charge on any atom is 0.248 e. The summed E-state index contributed by atoms with van der Waals surface area (Å²) in [7, 11) is 1.94. The molecule has 2 aromatic heterocycles. The summed E-state index contributed by atoms with van der Waals surface area (Å²) in [6, 6.07) is 24.1. The predicted octanol–water partition coefficient (Wildman–Crippen LogP) is 4.76. The molecule has 4 aromatic rings. The van der Waals surface area contributed by atoms with Crippen molar-refractivity contribution in [3.05, 3.63) is 85.2 Å². The number of amides is 1. The zero-order chi connectivity index (χ0) is 21.9. The van der Waals surface area contributed by atoms with E-state index in [2.05, 4.69) is 44.6 Å². The number of aromatic nitrogens is 3. The number of nitrogens with one attached hydrogen (secondary N) is 1. The fraction of sp³-hybridized carbons (Fsp3) is 0.192. The minimum absolute atomic E-state index is 0.0156. The van der Waals surface area contributed by atoms with Gasteiger partial charge in [-0.25, -0.2) is 4.98 Å². The highest BCUT2D eigenvalue weighted by atomic mass is 16.2. The van der Waals surface area contributed by atoms with Gasteiger partial charge < -0.3 is 10.2 Å². The molecule has 0 radical (unpaired) electrons. The van der Waals surface area contributed by atoms with Crippen LogP contribution in [0, 0.1) is 0 Å². The molecule has 1 atom stereocenters. The van der Waals surface area contributed by atoms with Crippen molar-refractivity contribution in [1.29, 1.82) is 0 Å². The third kappa shape index (κ3) is 3.99. The Morgan fingerprint density at radius 1 is 0.938 bits per heavy atom. The fourth-order valence-corrected chi connectivity index (χ4v) is 4.31. The monoisotopic (exact) mass is 423 g/mol. The Morgan fingerprint density at radius 3 is 2.41 bits per heavy atom. The molecule has 1 aliphatic heterocycles. The van der Waals surface area contributed by atoms with Crippen molar-refractivity contribution in [2.45, 2.75) is 18.9 Å². The highest BCUT2D eigenvalue weighted by Gasteiger charge is 2.31. The Hall–Kier alpha value is -3.93. The second-order valence-electron chi connectivity index (χ2n) is 8.03. The molecule has 1 saturated heterocycles. The lowest BCUT2D eigenvalue weighted by atomic mass is 10.1. The highest BCUT2D eigenvalue weighted by Crippen LogP contribution is 2.29. The van der Waals surface area contributed by atoms with Crippen molar-refractivity contribution >= 4 is 17.4 Å². The van der Waals surface area contributed by atoms with E-state index in [0.29, 0.717) is 5.82 Å². The van der Waals surface area contributed by atoms with Gasteiger partial charge in [-0.2, -0.15) is 5.10 Å². The number of hydrogen-bond acceptors (Lipinski definition) is 4. The van der Waals surface area contributed by atoms with Crippen LogP contribution in [0.4, 0.5) is 11.5 Å². The Labute approximate surface area is 187 Å². The van der Waals surface area contributed by atoms with E-state index < -0.39 is 0 Å². The van der Waals surface area contributed by atoms with E-state index >= 15 is 0 Å². The molecule has 1 unspecified atom stereocenters. The molecule has 1 amide bonds. The van der Waals surface area contributed by atoms with E-state index in [1.165, 1.54) is 0 Å². The molecule has 0 spiro atoms. The zero-order valence-electron chi connectivity index (χ0n) is 18.0. The minimum Gasteiger partial charge on any atom is -0.360 e. The molecular weight excluding hydrogens is 398 g/mol. The van der Waals surface area contributed by atoms with Crippen molar-refractivity contribution in [1.82, 2.24) is 14.8 Å². The molecule has 5 rings (SSSR count). The smallest absolute Gasteiger partial charge is 0.248 e. The first-order valence-electron chi connectivity index (χ1n) is 10.9. The number of carbonyl (C=O) groups is 1. The number of hydrogen-bond donors (Lipinski definition) is 1. The molecule has 1 N–H and O–H groups in total. The second kappa shape index (κ2) is 8.67. The van der Waals surface area contributed by atoms with Gasteiger partial charge in [-0.1, -0.05) is 42.5 Å². The lowest BCUT2D eigenvalue weighted by molar-refractivity contribution is -0.117. The molecule has 6 heteroatoms. The maximum absolute atomic E-state index is 13.0. The molecule has 3 heterocycles. The summed E-state index contributed by atoms with van der Waals surface area (Å²) >= 11 is 0. The maximum atomic E-state index is 13.0. The van der Waals surface area contributed by atoms with E-state index in [1.54, 1.807) is 12.4 Å². The Kier molecular flexibility index (Phi) is 5.42. The summed E-state index contributed by atoms with van der Waals surface area (Å²) in [6.45, 7) is 0.865. The van der Waals surface area contributed by atoms with Crippen molar-refractivity contribution < 1.29 is 4.79 Å². The third-order valence-corrected chi connectivity index (χ3v) is 5.99. The molecule has 0 aliphatic carbocycles. The summed E-state index contributed by atoms with van der Waals surface area (Å²) in [5.41, 5.74) is 5.36. The van der Waals surface area contributed by atoms with Crippen molar-refractivity contribution in [3.8, 4) is 22.4 Å². The van der Waals surface area contributed by atoms with E-state index in [0.717, 1.165) is 47.5 Å². The molecule has 2 aromatic carbocycles. The summed E-state index contributed by atoms with van der Waals surface area (Å²) in [5, 5.41) is 7.24. The van der Waals surface area contributed by atoms with Crippen LogP contribution in [0.25, 0.3) is 22.4 Å². The zero-order valence-corrected chi connectivity index (χ0v) is 18.0. The summed E-state index contributed by atoms with van der Waals surface area (Å²) in [4.78, 5) is 19.7. The van der Waals surface area contributed by atoms with Gasteiger partial charge in [0.05, 0.1) is 5.69 Å². The number of anilines is 2. The minimum atomic E-state index is -0.201. The van der Waals surface area contributed by atoms with Gasteiger partial charge in [-0.05, 0) is 54.3 Å². The highest BCUT2D eigenvalue weighted by molar-refractivity contribution is 5.96. The third-order valence-electron chi connectivity index (χ3n) is 5.99. The first kappa shape index (κ1) is 20.0. The van der Waals surface area contributed by atoms with Crippen LogP contribution in [0.15, 0.2) is 85.2 Å². The van der Waals surface area contributed by atoms with Crippen LogP contribution in [0.1, 0.15) is 12.8 Å². The lowest BCUT2D eigenvalue weighted by Gasteiger charge is -2.26. The Bertz CT molecular complexity index is 1200. The Morgan fingerprint density at radius 2 is 1.72 bits per heavy atom. The molecule has 32 heavy (non-hydrogen) atoms. The van der Waals surface area contributed by atoms with Crippen molar-refractivity contribution in [2.75, 3.05) is 16.8 Å². The number of rotatable bonds is 5. The van der Waals surface area contributed by atoms with Crippen LogP contribution in [-0.2, 0) is 11.8 Å². The average Bonchev–Trinajstić information content (AvgIpc) is 3.50. The van der Waals surface area contributed by atoms with Crippen LogP contribution in [0.3, 0.4) is 0 Å². The predicted molar refractivity (Wildman–Crippen MR) is 127 cm³/mol. The van der Waals surface area contributed by atoms with E-state index in [1.807, 2.05) is 60.3 Å². The van der Waals surface area contributed by atoms with Crippen LogP contribution in [0.2, 0.25) is 0 Å². The van der Waals surface area contributed by atoms with Gasteiger partial charge in [0.25, 0.3) is 0 Å². The van der Waals surface area contributed by atoms with Crippen LogP contribution in [-0.4, -0.2) is 33.3 Å². The first-order chi connectivity index (χ1) is 15.7. The van der Waals surface area contributed by atoms with Gasteiger partial charge in [0.15, 0.2) is 0 Å². The number of aryl methyl sites for hydroxylation is 1. The number of benzene rings is 2. The van der Waals surface area contributed by atoms with Gasteiger partial charge >= 0.3 is 0 Å². The van der Waals surface area contributed by atoms with Gasteiger partial charge in [-0.3, -0.25) is 9.48 Å². The molecule has 0 bridgehead atoms. The number of pyridine rings is 1. The van der Waals surface area contributed by atoms with Crippen LogP contribution >= 0.6 is 0 Å². The molecule has 6 nitrogen and oxygen atoms in total. The standard InChI is InChI=1S/C26H25N5O/c1-30-23(15-16-28-30)20-9-12-22(13-10-20)31-17-5-8-24(31)26(32)29-25-14-11-21(18-27-25)19-6-3-2-4-7-19/h2-4,6-7,9-16,18,24H,5,8,17H2,1H3,(H,27,29,32). The second-order valence-corrected chi connectivity index (χ2v) is 8.03. The number of nitrogens with zero attached hydrogens (tertiary/aromatic N) is 4. The fourth-order valence-electron chi connectivity index (χ4n) is 4.31. The SMILES string of the molecule is Cn1nccc1-c1ccc(N2CCCC2C(=O)Nc2ccc(-c3ccccc3)cn2)cc1. The molecular formula is C26H25N5O. The molecule has 160 valence electrons. The Balaban J connectivity index is 1.28. The molecule has 1 fully saturated rings. The quantitative estimate of drug-likeness (QED) is 0.503. The number of carbonyl (C=O) groups excluding carboxylic acids is 1. The van der Waals surface area contributed by atoms with Gasteiger partial charge in [0.2, 0.25) is 5.91 Å². The van der Waals surface area contributed by atoms with Crippen LogP contribution in [0.5, 0.6) is 0 Å². The van der Waals surface area contributed by atoms with E-state index in [-0.39, 0.29) is 11.9 Å². The largest absolute Gasteiger partial charge is 0.360 e. The van der Waals surface area contributed by atoms with Gasteiger partial charge in [0.1, 0.15) is 11.9 Å².